The summed E-state index contributed by atoms with van der Waals surface area (Å²) in [4.78, 5) is 4.05. The van der Waals surface area contributed by atoms with Gasteiger partial charge in [-0.2, -0.15) is 0 Å². The Morgan fingerprint density at radius 3 is 2.52 bits per heavy atom. The zero-order chi connectivity index (χ0) is 16.6. The summed E-state index contributed by atoms with van der Waals surface area (Å²) >= 11 is 0. The molecule has 0 amide bonds. The summed E-state index contributed by atoms with van der Waals surface area (Å²) in [6.07, 6.45) is 1.16. The summed E-state index contributed by atoms with van der Waals surface area (Å²) in [7, 11) is -1.33. The predicted molar refractivity (Wildman–Crippen MR) is 106 cm³/mol. The van der Waals surface area contributed by atoms with Crippen molar-refractivity contribution in [2.24, 2.45) is 4.99 Å². The summed E-state index contributed by atoms with van der Waals surface area (Å²) in [6.45, 7) is 4.85. The molecule has 0 saturated heterocycles. The van der Waals surface area contributed by atoms with Crippen molar-refractivity contribution in [2.45, 2.75) is 20.0 Å². The lowest BCUT2D eigenvalue weighted by atomic mass is 10.2. The zero-order valence-corrected chi connectivity index (χ0v) is 17.1. The largest absolute Gasteiger partial charge is 0.489 e. The second-order valence-corrected chi connectivity index (χ2v) is 7.46. The summed E-state index contributed by atoms with van der Waals surface area (Å²) in [5, 5.41) is 6.07. The SMILES string of the molecule is CN=C(NCCS(C)(=O)=O)NCC(C)Oc1ccccc1C.I. The van der Waals surface area contributed by atoms with Gasteiger partial charge in [0.05, 0.1) is 12.3 Å². The van der Waals surface area contributed by atoms with Gasteiger partial charge in [0.1, 0.15) is 21.7 Å². The Bertz CT molecular complexity index is 606. The van der Waals surface area contributed by atoms with Crippen LogP contribution in [0.15, 0.2) is 29.3 Å². The van der Waals surface area contributed by atoms with Gasteiger partial charge in [0.25, 0.3) is 0 Å². The number of para-hydroxylation sites is 1. The maximum Gasteiger partial charge on any atom is 0.191 e. The molecule has 0 radical (unpaired) electrons. The van der Waals surface area contributed by atoms with E-state index in [-0.39, 0.29) is 35.8 Å². The molecule has 23 heavy (non-hydrogen) atoms. The smallest absolute Gasteiger partial charge is 0.191 e. The van der Waals surface area contributed by atoms with Crippen LogP contribution < -0.4 is 15.4 Å². The summed E-state index contributed by atoms with van der Waals surface area (Å²) in [5.74, 6) is 1.49. The van der Waals surface area contributed by atoms with Crippen molar-refractivity contribution in [3.05, 3.63) is 29.8 Å². The van der Waals surface area contributed by atoms with E-state index in [4.69, 9.17) is 4.74 Å². The Labute approximate surface area is 156 Å². The zero-order valence-electron chi connectivity index (χ0n) is 14.0. The highest BCUT2D eigenvalue weighted by molar-refractivity contribution is 14.0. The third-order valence-electron chi connectivity index (χ3n) is 2.97. The first-order chi connectivity index (χ1) is 10.3. The molecule has 0 saturated carbocycles. The van der Waals surface area contributed by atoms with Crippen molar-refractivity contribution < 1.29 is 13.2 Å². The summed E-state index contributed by atoms with van der Waals surface area (Å²) in [5.41, 5.74) is 1.09. The number of aryl methyl sites for hydroxylation is 1. The van der Waals surface area contributed by atoms with E-state index in [1.54, 1.807) is 7.05 Å². The lowest BCUT2D eigenvalue weighted by Gasteiger charge is -2.18. The minimum Gasteiger partial charge on any atom is -0.489 e. The monoisotopic (exact) mass is 455 g/mol. The molecule has 0 bridgehead atoms. The van der Waals surface area contributed by atoms with E-state index in [1.807, 2.05) is 38.1 Å². The number of sulfone groups is 1. The first kappa shape index (κ1) is 22.0. The molecule has 132 valence electrons. The van der Waals surface area contributed by atoms with Crippen molar-refractivity contribution >= 4 is 39.8 Å². The Morgan fingerprint density at radius 1 is 1.30 bits per heavy atom. The van der Waals surface area contributed by atoms with Crippen LogP contribution in [0.5, 0.6) is 5.75 Å². The second-order valence-electron chi connectivity index (χ2n) is 5.20. The number of halogens is 1. The van der Waals surface area contributed by atoms with Crippen LogP contribution >= 0.6 is 24.0 Å². The maximum atomic E-state index is 11.1. The number of guanidine groups is 1. The molecule has 2 N–H and O–H groups in total. The van der Waals surface area contributed by atoms with Crippen LogP contribution in [0.3, 0.4) is 0 Å². The highest BCUT2D eigenvalue weighted by atomic mass is 127. The Morgan fingerprint density at radius 2 is 1.96 bits per heavy atom. The average molecular weight is 455 g/mol. The van der Waals surface area contributed by atoms with Crippen molar-refractivity contribution in [1.29, 1.82) is 0 Å². The third-order valence-corrected chi connectivity index (χ3v) is 3.91. The van der Waals surface area contributed by atoms with Gasteiger partial charge in [-0.1, -0.05) is 18.2 Å². The minimum atomic E-state index is -2.97. The summed E-state index contributed by atoms with van der Waals surface area (Å²) < 4.78 is 28.0. The molecule has 1 unspecified atom stereocenters. The van der Waals surface area contributed by atoms with Crippen LogP contribution in [0.1, 0.15) is 12.5 Å². The highest BCUT2D eigenvalue weighted by Crippen LogP contribution is 2.17. The van der Waals surface area contributed by atoms with Gasteiger partial charge in [0, 0.05) is 19.8 Å². The van der Waals surface area contributed by atoms with Crippen molar-refractivity contribution in [3.8, 4) is 5.75 Å². The Kier molecular flexibility index (Phi) is 10.2. The fourth-order valence-corrected chi connectivity index (χ4v) is 2.24. The molecule has 1 atom stereocenters. The van der Waals surface area contributed by atoms with Crippen LogP contribution in [-0.2, 0) is 9.84 Å². The fraction of sp³-hybridized carbons (Fsp3) is 0.533. The normalized spacial score (nSPS) is 13.0. The predicted octanol–water partition coefficient (Wildman–Crippen LogP) is 1.59. The van der Waals surface area contributed by atoms with Gasteiger partial charge < -0.3 is 15.4 Å². The number of rotatable bonds is 7. The molecular formula is C15H26IN3O3S. The topological polar surface area (TPSA) is 79.8 Å². The lowest BCUT2D eigenvalue weighted by Crippen LogP contribution is -2.43. The molecule has 1 aromatic carbocycles. The van der Waals surface area contributed by atoms with Gasteiger partial charge in [-0.05, 0) is 25.5 Å². The van der Waals surface area contributed by atoms with Gasteiger partial charge >= 0.3 is 0 Å². The molecule has 0 aliphatic rings. The molecule has 0 aliphatic carbocycles. The molecule has 1 rings (SSSR count). The van der Waals surface area contributed by atoms with Gasteiger partial charge in [-0.25, -0.2) is 8.42 Å². The van der Waals surface area contributed by atoms with Crippen molar-refractivity contribution in [2.75, 3.05) is 32.1 Å². The van der Waals surface area contributed by atoms with Crippen LogP contribution in [0, 0.1) is 6.92 Å². The fourth-order valence-electron chi connectivity index (χ4n) is 1.76. The summed E-state index contributed by atoms with van der Waals surface area (Å²) in [6, 6.07) is 7.85. The number of nitrogens with one attached hydrogen (secondary N) is 2. The molecule has 8 heteroatoms. The number of hydrogen-bond acceptors (Lipinski definition) is 4. The standard InChI is InChI=1S/C15H25N3O3S.HI/c1-12-7-5-6-8-14(12)21-13(2)11-18-15(16-3)17-9-10-22(4,19)20;/h5-8,13H,9-11H2,1-4H3,(H2,16,17,18);1H. The van der Waals surface area contributed by atoms with Crippen LogP contribution in [-0.4, -0.2) is 52.6 Å². The molecule has 6 nitrogen and oxygen atoms in total. The first-order valence-electron chi connectivity index (χ1n) is 7.16. The third kappa shape index (κ3) is 9.65. The second kappa shape index (κ2) is 10.7. The Balaban J connectivity index is 0.00000484. The van der Waals surface area contributed by atoms with Crippen LogP contribution in [0.25, 0.3) is 0 Å². The van der Waals surface area contributed by atoms with Gasteiger partial charge in [-0.15, -0.1) is 24.0 Å². The van der Waals surface area contributed by atoms with Crippen molar-refractivity contribution in [1.82, 2.24) is 10.6 Å². The van der Waals surface area contributed by atoms with E-state index in [2.05, 4.69) is 15.6 Å². The van der Waals surface area contributed by atoms with E-state index in [0.717, 1.165) is 11.3 Å². The molecule has 0 heterocycles. The first-order valence-corrected chi connectivity index (χ1v) is 9.22. The number of nitrogens with zero attached hydrogens (tertiary/aromatic N) is 1. The van der Waals surface area contributed by atoms with E-state index in [0.29, 0.717) is 19.0 Å². The quantitative estimate of drug-likeness (QED) is 0.371. The molecule has 0 aromatic heterocycles. The number of aliphatic imine (C=N–C) groups is 1. The Hall–Kier alpha value is -1.03. The number of ether oxygens (including phenoxy) is 1. The van der Waals surface area contributed by atoms with Crippen LogP contribution in [0.4, 0.5) is 0 Å². The minimum absolute atomic E-state index is 0. The molecule has 0 aliphatic heterocycles. The molecule has 0 fully saturated rings. The van der Waals surface area contributed by atoms with E-state index >= 15 is 0 Å². The van der Waals surface area contributed by atoms with Crippen LogP contribution in [0.2, 0.25) is 0 Å². The van der Waals surface area contributed by atoms with E-state index in [1.165, 1.54) is 6.26 Å². The van der Waals surface area contributed by atoms with Gasteiger partial charge in [0.15, 0.2) is 5.96 Å². The number of hydrogen-bond donors (Lipinski definition) is 2. The van der Waals surface area contributed by atoms with E-state index in [9.17, 15) is 8.42 Å². The maximum absolute atomic E-state index is 11.1. The highest BCUT2D eigenvalue weighted by Gasteiger charge is 2.08. The molecule has 1 aromatic rings. The van der Waals surface area contributed by atoms with E-state index < -0.39 is 9.84 Å². The lowest BCUT2D eigenvalue weighted by molar-refractivity contribution is 0.222. The number of benzene rings is 1. The van der Waals surface area contributed by atoms with Gasteiger partial charge in [-0.3, -0.25) is 4.99 Å². The average Bonchev–Trinajstić information content (AvgIpc) is 2.44. The molecular weight excluding hydrogens is 429 g/mol. The van der Waals surface area contributed by atoms with Crippen molar-refractivity contribution in [3.63, 3.8) is 0 Å². The van der Waals surface area contributed by atoms with Gasteiger partial charge in [0.2, 0.25) is 0 Å². The molecule has 0 spiro atoms.